The van der Waals surface area contributed by atoms with E-state index in [1.807, 2.05) is 43.3 Å². The van der Waals surface area contributed by atoms with Gasteiger partial charge in [-0.1, -0.05) is 42.0 Å². The van der Waals surface area contributed by atoms with E-state index in [-0.39, 0.29) is 0 Å². The molecule has 0 fully saturated rings. The molecule has 0 saturated heterocycles. The van der Waals surface area contributed by atoms with Gasteiger partial charge in [0.05, 0.1) is 0 Å². The Bertz CT molecular complexity index is 886. The number of nitrogens with zero attached hydrogens (tertiary/aromatic N) is 1. The van der Waals surface area contributed by atoms with Gasteiger partial charge < -0.3 is 9.47 Å². The maximum Gasteiger partial charge on any atom is 0.145 e. The number of rotatable bonds is 7. The van der Waals surface area contributed by atoms with Crippen molar-refractivity contribution in [1.29, 1.82) is 0 Å². The van der Waals surface area contributed by atoms with Crippen molar-refractivity contribution in [3.05, 3.63) is 78.0 Å². The molecule has 128 valence electrons. The van der Waals surface area contributed by atoms with Gasteiger partial charge in [-0.25, -0.2) is 4.98 Å². The number of benzene rings is 2. The van der Waals surface area contributed by atoms with Crippen LogP contribution in [0.25, 0.3) is 10.9 Å². The lowest BCUT2D eigenvalue weighted by Gasteiger charge is -2.13. The average molecular weight is 333 g/mol. The Kier molecular flexibility index (Phi) is 5.34. The van der Waals surface area contributed by atoms with Gasteiger partial charge in [-0.3, -0.25) is 0 Å². The fourth-order valence-corrected chi connectivity index (χ4v) is 2.80. The summed E-state index contributed by atoms with van der Waals surface area (Å²) in [5.74, 6) is 1.68. The molecule has 0 radical (unpaired) electrons. The Balaban J connectivity index is 1.64. The van der Waals surface area contributed by atoms with Gasteiger partial charge in [0.1, 0.15) is 30.2 Å². The van der Waals surface area contributed by atoms with E-state index >= 15 is 0 Å². The summed E-state index contributed by atoms with van der Waals surface area (Å²) in [5.41, 5.74) is 4.24. The Morgan fingerprint density at radius 3 is 2.56 bits per heavy atom. The summed E-state index contributed by atoms with van der Waals surface area (Å²) in [7, 11) is 0. The first-order chi connectivity index (χ1) is 12.2. The van der Waals surface area contributed by atoms with Crippen molar-refractivity contribution in [3.63, 3.8) is 0 Å². The molecule has 25 heavy (non-hydrogen) atoms. The van der Waals surface area contributed by atoms with Crippen LogP contribution in [-0.2, 0) is 6.42 Å². The van der Waals surface area contributed by atoms with Crippen LogP contribution in [0.15, 0.2) is 61.2 Å². The zero-order valence-electron chi connectivity index (χ0n) is 14.8. The molecule has 0 aliphatic carbocycles. The third-order valence-corrected chi connectivity index (χ3v) is 4.00. The fourth-order valence-electron chi connectivity index (χ4n) is 2.80. The molecule has 0 spiro atoms. The van der Waals surface area contributed by atoms with E-state index in [1.54, 1.807) is 0 Å². The Hall–Kier alpha value is -2.81. The van der Waals surface area contributed by atoms with E-state index in [0.29, 0.717) is 13.2 Å². The standard InChI is InChI=1S/C22H23NO2/c1-4-6-19-15-16(2)9-12-20(19)24-13-14-25-21-8-5-7-18-11-10-17(3)23-22(18)21/h4-5,7-12,15H,1,6,13-14H2,2-3H3. The number of para-hydroxylation sites is 1. The molecule has 0 bridgehead atoms. The van der Waals surface area contributed by atoms with Crippen LogP contribution in [0.3, 0.4) is 0 Å². The molecule has 3 rings (SSSR count). The number of hydrogen-bond donors (Lipinski definition) is 0. The molecule has 0 unspecified atom stereocenters. The highest BCUT2D eigenvalue weighted by Gasteiger charge is 2.06. The molecule has 0 amide bonds. The van der Waals surface area contributed by atoms with Crippen molar-refractivity contribution in [2.75, 3.05) is 13.2 Å². The molecule has 1 aromatic heterocycles. The lowest BCUT2D eigenvalue weighted by atomic mass is 10.1. The van der Waals surface area contributed by atoms with Crippen LogP contribution in [0, 0.1) is 13.8 Å². The maximum absolute atomic E-state index is 5.91. The molecule has 3 nitrogen and oxygen atoms in total. The second-order valence-corrected chi connectivity index (χ2v) is 6.08. The van der Waals surface area contributed by atoms with E-state index < -0.39 is 0 Å². The summed E-state index contributed by atoms with van der Waals surface area (Å²) in [6.45, 7) is 8.82. The fraction of sp³-hybridized carbons (Fsp3) is 0.227. The summed E-state index contributed by atoms with van der Waals surface area (Å²) in [6, 6.07) is 16.2. The lowest BCUT2D eigenvalue weighted by molar-refractivity contribution is 0.217. The quantitative estimate of drug-likeness (QED) is 0.448. The third-order valence-electron chi connectivity index (χ3n) is 4.00. The van der Waals surface area contributed by atoms with E-state index in [1.165, 1.54) is 5.56 Å². The molecule has 1 heterocycles. The van der Waals surface area contributed by atoms with Crippen molar-refractivity contribution >= 4 is 10.9 Å². The van der Waals surface area contributed by atoms with Crippen LogP contribution in [-0.4, -0.2) is 18.2 Å². The van der Waals surface area contributed by atoms with Crippen LogP contribution in [0.5, 0.6) is 11.5 Å². The van der Waals surface area contributed by atoms with Gasteiger partial charge in [-0.05, 0) is 44.0 Å². The van der Waals surface area contributed by atoms with Gasteiger partial charge in [0.15, 0.2) is 0 Å². The largest absolute Gasteiger partial charge is 0.490 e. The minimum absolute atomic E-state index is 0.468. The summed E-state index contributed by atoms with van der Waals surface area (Å²) in [5, 5.41) is 1.08. The number of fused-ring (bicyclic) bond motifs is 1. The van der Waals surface area contributed by atoms with Gasteiger partial charge in [0.2, 0.25) is 0 Å². The van der Waals surface area contributed by atoms with Crippen LogP contribution < -0.4 is 9.47 Å². The van der Waals surface area contributed by atoms with Gasteiger partial charge >= 0.3 is 0 Å². The van der Waals surface area contributed by atoms with Gasteiger partial charge in [-0.15, -0.1) is 6.58 Å². The SMILES string of the molecule is C=CCc1cc(C)ccc1OCCOc1cccc2ccc(C)nc12. The Morgan fingerprint density at radius 1 is 0.960 bits per heavy atom. The third kappa shape index (κ3) is 4.18. The average Bonchev–Trinajstić information content (AvgIpc) is 2.60. The van der Waals surface area contributed by atoms with Crippen LogP contribution >= 0.6 is 0 Å². The molecule has 3 heteroatoms. The maximum atomic E-state index is 5.91. The minimum Gasteiger partial charge on any atom is -0.490 e. The summed E-state index contributed by atoms with van der Waals surface area (Å²) in [4.78, 5) is 4.58. The summed E-state index contributed by atoms with van der Waals surface area (Å²) in [6.07, 6.45) is 2.69. The lowest BCUT2D eigenvalue weighted by Crippen LogP contribution is -2.10. The normalized spacial score (nSPS) is 10.6. The van der Waals surface area contributed by atoms with Crippen molar-refractivity contribution in [2.45, 2.75) is 20.3 Å². The van der Waals surface area contributed by atoms with E-state index in [2.05, 4.69) is 36.7 Å². The van der Waals surface area contributed by atoms with Crippen molar-refractivity contribution in [1.82, 2.24) is 4.98 Å². The molecule has 0 aliphatic rings. The van der Waals surface area contributed by atoms with Gasteiger partial charge in [0, 0.05) is 11.1 Å². The molecule has 2 aromatic carbocycles. The number of pyridine rings is 1. The smallest absolute Gasteiger partial charge is 0.145 e. The van der Waals surface area contributed by atoms with Crippen molar-refractivity contribution < 1.29 is 9.47 Å². The first kappa shape index (κ1) is 17.0. The van der Waals surface area contributed by atoms with Crippen LogP contribution in [0.2, 0.25) is 0 Å². The van der Waals surface area contributed by atoms with Crippen molar-refractivity contribution in [3.8, 4) is 11.5 Å². The molecule has 0 N–H and O–H groups in total. The number of aryl methyl sites for hydroxylation is 2. The van der Waals surface area contributed by atoms with Crippen LogP contribution in [0.1, 0.15) is 16.8 Å². The zero-order chi connectivity index (χ0) is 17.6. The monoisotopic (exact) mass is 333 g/mol. The molecule has 0 aliphatic heterocycles. The number of ether oxygens (including phenoxy) is 2. The molecule has 0 atom stereocenters. The zero-order valence-corrected chi connectivity index (χ0v) is 14.8. The Labute approximate surface area is 148 Å². The van der Waals surface area contributed by atoms with E-state index in [4.69, 9.17) is 9.47 Å². The highest BCUT2D eigenvalue weighted by molar-refractivity contribution is 5.84. The highest BCUT2D eigenvalue weighted by Crippen LogP contribution is 2.24. The summed E-state index contributed by atoms with van der Waals surface area (Å²) < 4.78 is 11.8. The first-order valence-corrected chi connectivity index (χ1v) is 8.50. The predicted octanol–water partition coefficient (Wildman–Crippen LogP) is 5.04. The number of aromatic nitrogens is 1. The second kappa shape index (κ2) is 7.84. The molecular formula is C22H23NO2. The first-order valence-electron chi connectivity index (χ1n) is 8.50. The topological polar surface area (TPSA) is 31.4 Å². The minimum atomic E-state index is 0.468. The molecular weight excluding hydrogens is 310 g/mol. The Morgan fingerprint density at radius 2 is 1.76 bits per heavy atom. The summed E-state index contributed by atoms with van der Waals surface area (Å²) >= 11 is 0. The van der Waals surface area contributed by atoms with Gasteiger partial charge in [0.25, 0.3) is 0 Å². The van der Waals surface area contributed by atoms with Crippen molar-refractivity contribution in [2.24, 2.45) is 0 Å². The second-order valence-electron chi connectivity index (χ2n) is 6.08. The van der Waals surface area contributed by atoms with Gasteiger partial charge in [-0.2, -0.15) is 0 Å². The number of hydrogen-bond acceptors (Lipinski definition) is 3. The van der Waals surface area contributed by atoms with Crippen LogP contribution in [0.4, 0.5) is 0 Å². The molecule has 0 saturated carbocycles. The molecule has 3 aromatic rings. The number of allylic oxidation sites excluding steroid dienone is 1. The van der Waals surface area contributed by atoms with E-state index in [9.17, 15) is 0 Å². The predicted molar refractivity (Wildman–Crippen MR) is 103 cm³/mol. The highest BCUT2D eigenvalue weighted by atomic mass is 16.5. The van der Waals surface area contributed by atoms with E-state index in [0.717, 1.165) is 40.1 Å².